The number of hydrogen-bond acceptors (Lipinski definition) is 7. The fourth-order valence-corrected chi connectivity index (χ4v) is 6.71. The lowest BCUT2D eigenvalue weighted by molar-refractivity contribution is 0.0788. The van der Waals surface area contributed by atoms with Gasteiger partial charge in [0.15, 0.2) is 15.7 Å². The molecule has 0 bridgehead atoms. The molecule has 9 nitrogen and oxygen atoms in total. The second kappa shape index (κ2) is 11.9. The molecule has 0 spiro atoms. The Labute approximate surface area is 249 Å². The molecule has 2 fully saturated rings. The second-order valence-corrected chi connectivity index (χ2v) is 13.3. The van der Waals surface area contributed by atoms with Crippen molar-refractivity contribution in [1.29, 1.82) is 0 Å². The first-order valence-corrected chi connectivity index (χ1v) is 16.2. The molecule has 6 rings (SSSR count). The van der Waals surface area contributed by atoms with Gasteiger partial charge in [-0.05, 0) is 67.7 Å². The predicted octanol–water partition coefficient (Wildman–Crippen LogP) is 4.35. The number of nitrogens with zero attached hydrogens (tertiary/aromatic N) is 6. The molecule has 0 saturated carbocycles. The number of sulfone groups is 1. The maximum atomic E-state index is 13.9. The minimum absolute atomic E-state index is 0.00513. The van der Waals surface area contributed by atoms with E-state index in [1.54, 1.807) is 35.1 Å². The molecular formula is C31H32F2N6O3S. The maximum absolute atomic E-state index is 13.9. The topological polar surface area (TPSA) is 101 Å². The molecule has 2 aliphatic rings. The van der Waals surface area contributed by atoms with E-state index in [0.29, 0.717) is 30.1 Å². The molecule has 12 heteroatoms. The van der Waals surface area contributed by atoms with Gasteiger partial charge < -0.3 is 4.90 Å². The third kappa shape index (κ3) is 6.35. The van der Waals surface area contributed by atoms with Crippen molar-refractivity contribution in [3.8, 4) is 5.95 Å². The van der Waals surface area contributed by atoms with Crippen molar-refractivity contribution < 1.29 is 22.0 Å². The Hall–Kier alpha value is -4.03. The summed E-state index contributed by atoms with van der Waals surface area (Å²) in [7, 11) is -3.25. The van der Waals surface area contributed by atoms with Crippen LogP contribution in [0.4, 0.5) is 8.78 Å². The molecule has 224 valence electrons. The molecule has 1 atom stereocenters. The average Bonchev–Trinajstić information content (AvgIpc) is 3.67. The molecule has 2 aromatic heterocycles. The van der Waals surface area contributed by atoms with Crippen LogP contribution in [-0.2, 0) is 16.4 Å². The second-order valence-electron chi connectivity index (χ2n) is 11.3. The van der Waals surface area contributed by atoms with E-state index in [4.69, 9.17) is 0 Å². The highest BCUT2D eigenvalue weighted by Crippen LogP contribution is 2.34. The smallest absolute Gasteiger partial charge is 0.257 e. The molecule has 0 unspecified atom stereocenters. The van der Waals surface area contributed by atoms with Crippen molar-refractivity contribution in [2.24, 2.45) is 0 Å². The van der Waals surface area contributed by atoms with E-state index >= 15 is 0 Å². The van der Waals surface area contributed by atoms with E-state index in [9.17, 15) is 22.0 Å². The Morgan fingerprint density at radius 3 is 2.16 bits per heavy atom. The molecule has 2 aliphatic heterocycles. The number of benzene rings is 2. The minimum atomic E-state index is -3.25. The average molecular weight is 607 g/mol. The van der Waals surface area contributed by atoms with Gasteiger partial charge in [-0.2, -0.15) is 5.10 Å². The first kappa shape index (κ1) is 29.1. The number of carbonyl (C=O) groups is 1. The predicted molar refractivity (Wildman–Crippen MR) is 156 cm³/mol. The van der Waals surface area contributed by atoms with Crippen LogP contribution in [0.25, 0.3) is 5.95 Å². The van der Waals surface area contributed by atoms with Crippen LogP contribution in [-0.4, -0.2) is 76.3 Å². The minimum Gasteiger partial charge on any atom is -0.338 e. The van der Waals surface area contributed by atoms with Gasteiger partial charge in [-0.25, -0.2) is 31.8 Å². The summed E-state index contributed by atoms with van der Waals surface area (Å²) in [5.41, 5.74) is 3.24. The summed E-state index contributed by atoms with van der Waals surface area (Å²) < 4.78 is 52.2. The highest BCUT2D eigenvalue weighted by atomic mass is 32.2. The number of piperidine rings is 1. The van der Waals surface area contributed by atoms with Crippen molar-refractivity contribution in [3.63, 3.8) is 0 Å². The van der Waals surface area contributed by atoms with Crippen LogP contribution < -0.4 is 0 Å². The lowest BCUT2D eigenvalue weighted by atomic mass is 9.90. The maximum Gasteiger partial charge on any atom is 0.257 e. The van der Waals surface area contributed by atoms with Gasteiger partial charge in [-0.15, -0.1) is 0 Å². The molecule has 1 amide bonds. The Morgan fingerprint density at radius 1 is 0.860 bits per heavy atom. The van der Waals surface area contributed by atoms with Gasteiger partial charge in [0.05, 0.1) is 34.7 Å². The highest BCUT2D eigenvalue weighted by molar-refractivity contribution is 7.90. The van der Waals surface area contributed by atoms with Gasteiger partial charge in [0.25, 0.3) is 11.9 Å². The third-order valence-corrected chi connectivity index (χ3v) is 9.51. The molecular weight excluding hydrogens is 574 g/mol. The number of aromatic nitrogens is 4. The molecule has 0 aliphatic carbocycles. The molecule has 2 saturated heterocycles. The summed E-state index contributed by atoms with van der Waals surface area (Å²) in [4.78, 5) is 26.6. The van der Waals surface area contributed by atoms with Crippen molar-refractivity contribution in [2.75, 3.05) is 32.4 Å². The summed E-state index contributed by atoms with van der Waals surface area (Å²) in [6.07, 6.45) is 7.22. The summed E-state index contributed by atoms with van der Waals surface area (Å²) in [6, 6.07) is 13.4. The third-order valence-electron chi connectivity index (χ3n) is 8.38. The van der Waals surface area contributed by atoms with Gasteiger partial charge in [-0.1, -0.05) is 24.3 Å². The van der Waals surface area contributed by atoms with E-state index < -0.39 is 15.7 Å². The van der Waals surface area contributed by atoms with Gasteiger partial charge in [0, 0.05) is 37.7 Å². The Balaban J connectivity index is 1.20. The first-order valence-electron chi connectivity index (χ1n) is 14.3. The Morgan fingerprint density at radius 2 is 1.51 bits per heavy atom. The zero-order chi connectivity index (χ0) is 30.1. The summed E-state index contributed by atoms with van der Waals surface area (Å²) in [5, 5.41) is 4.50. The first-order chi connectivity index (χ1) is 20.7. The molecule has 0 radical (unpaired) electrons. The van der Waals surface area contributed by atoms with Crippen LogP contribution in [0.3, 0.4) is 0 Å². The van der Waals surface area contributed by atoms with E-state index in [-0.39, 0.29) is 29.5 Å². The quantitative estimate of drug-likeness (QED) is 0.308. The van der Waals surface area contributed by atoms with E-state index in [1.807, 2.05) is 17.0 Å². The van der Waals surface area contributed by atoms with E-state index in [1.165, 1.54) is 18.4 Å². The van der Waals surface area contributed by atoms with E-state index in [0.717, 1.165) is 61.6 Å². The Kier molecular flexibility index (Phi) is 8.06. The van der Waals surface area contributed by atoms with Crippen LogP contribution in [0.1, 0.15) is 58.3 Å². The van der Waals surface area contributed by atoms with Crippen molar-refractivity contribution in [1.82, 2.24) is 29.5 Å². The number of rotatable bonds is 7. The highest BCUT2D eigenvalue weighted by Gasteiger charge is 2.34. The number of likely N-dealkylation sites (tertiary alicyclic amines) is 2. The SMILES string of the molecule is CS(=O)(=O)c1ccc(CN2CCC(c3c(C(=O)N4CC[C@H](c5ccc(F)cc5)C4)cnn3-c3ncc(F)cn3)CC2)cc1. The number of carbonyl (C=O) groups excluding carboxylic acids is 1. The van der Waals surface area contributed by atoms with Crippen molar-refractivity contribution in [2.45, 2.75) is 42.5 Å². The van der Waals surface area contributed by atoms with Gasteiger partial charge >= 0.3 is 0 Å². The zero-order valence-electron chi connectivity index (χ0n) is 23.7. The van der Waals surface area contributed by atoms with Crippen LogP contribution in [0.5, 0.6) is 0 Å². The van der Waals surface area contributed by atoms with Gasteiger partial charge in [-0.3, -0.25) is 9.69 Å². The van der Waals surface area contributed by atoms with Crippen LogP contribution in [0, 0.1) is 11.6 Å². The van der Waals surface area contributed by atoms with Crippen molar-refractivity contribution in [3.05, 3.63) is 101 Å². The fraction of sp³-hybridized carbons (Fsp3) is 0.355. The van der Waals surface area contributed by atoms with Crippen LogP contribution in [0.15, 0.2) is 72.0 Å². The van der Waals surface area contributed by atoms with Gasteiger partial charge in [0.1, 0.15) is 5.82 Å². The summed E-state index contributed by atoms with van der Waals surface area (Å²) >= 11 is 0. The number of halogens is 2. The molecule has 2 aromatic carbocycles. The largest absolute Gasteiger partial charge is 0.338 e. The van der Waals surface area contributed by atoms with E-state index in [2.05, 4.69) is 20.0 Å². The Bertz CT molecular complexity index is 1700. The summed E-state index contributed by atoms with van der Waals surface area (Å²) in [5.74, 6) is -0.648. The molecule has 4 aromatic rings. The normalized spacial score (nSPS) is 18.3. The van der Waals surface area contributed by atoms with Crippen LogP contribution >= 0.6 is 0 Å². The lowest BCUT2D eigenvalue weighted by Crippen LogP contribution is -2.34. The molecule has 4 heterocycles. The molecule has 43 heavy (non-hydrogen) atoms. The monoisotopic (exact) mass is 606 g/mol. The number of amides is 1. The van der Waals surface area contributed by atoms with Crippen molar-refractivity contribution >= 4 is 15.7 Å². The number of hydrogen-bond donors (Lipinski definition) is 0. The summed E-state index contributed by atoms with van der Waals surface area (Å²) in [6.45, 7) is 3.31. The standard InChI is InChI=1S/C31H32F2N6O3S/c1-43(41,42)27-8-2-21(3-9-27)19-37-13-10-23(11-14-37)29-28(18-36-39(29)31-34-16-26(33)17-35-31)30(40)38-15-12-24(20-38)22-4-6-25(32)7-5-22/h2-9,16-18,23-24H,10-15,19-20H2,1H3/t24-/m0/s1. The fourth-order valence-electron chi connectivity index (χ4n) is 6.08. The zero-order valence-corrected chi connectivity index (χ0v) is 24.6. The van der Waals surface area contributed by atoms with Gasteiger partial charge in [0.2, 0.25) is 0 Å². The lowest BCUT2D eigenvalue weighted by Gasteiger charge is -2.32. The van der Waals surface area contributed by atoms with Crippen LogP contribution in [0.2, 0.25) is 0 Å². The molecule has 0 N–H and O–H groups in total.